The van der Waals surface area contributed by atoms with E-state index < -0.39 is 0 Å². The molecular weight excluding hydrogens is 352 g/mol. The second-order valence-electron chi connectivity index (χ2n) is 5.99. The normalized spacial score (nSPS) is 13.3. The molecular formula is C19H18N2O4S. The quantitative estimate of drug-likeness (QED) is 0.750. The Balaban J connectivity index is 1.41. The van der Waals surface area contributed by atoms with Crippen molar-refractivity contribution >= 4 is 22.9 Å². The number of aryl methyl sites for hydroxylation is 1. The van der Waals surface area contributed by atoms with Crippen LogP contribution in [0.15, 0.2) is 40.1 Å². The highest BCUT2D eigenvalue weighted by atomic mass is 32.1. The topological polar surface area (TPSA) is 73.6 Å². The zero-order valence-corrected chi connectivity index (χ0v) is 15.1. The van der Waals surface area contributed by atoms with Crippen molar-refractivity contribution in [3.63, 3.8) is 0 Å². The van der Waals surface area contributed by atoms with Crippen LogP contribution < -0.4 is 14.8 Å². The Bertz CT molecular complexity index is 931. The second kappa shape index (κ2) is 7.21. The molecule has 0 radical (unpaired) electrons. The molecule has 134 valence electrons. The number of carbonyl (C=O) groups is 1. The number of carbonyl (C=O) groups excluding carboxylic acids is 1. The molecule has 26 heavy (non-hydrogen) atoms. The van der Waals surface area contributed by atoms with E-state index in [0.29, 0.717) is 36.1 Å². The van der Waals surface area contributed by atoms with Crippen molar-refractivity contribution in [2.24, 2.45) is 0 Å². The number of hydrogen-bond donors (Lipinski definition) is 1. The Kier molecular flexibility index (Phi) is 4.62. The summed E-state index contributed by atoms with van der Waals surface area (Å²) in [7, 11) is 0. The molecule has 0 saturated heterocycles. The minimum atomic E-state index is -0.132. The Morgan fingerprint density at radius 2 is 2.04 bits per heavy atom. The maximum absolute atomic E-state index is 12.3. The molecule has 3 heterocycles. The SMILES string of the molecule is Cc1ccc(-c2nc(CC(=O)Nc3ccc4c(c3)OCCCO4)cs2)o1. The van der Waals surface area contributed by atoms with E-state index in [9.17, 15) is 4.79 Å². The van der Waals surface area contributed by atoms with Crippen molar-refractivity contribution in [3.05, 3.63) is 47.2 Å². The first-order valence-corrected chi connectivity index (χ1v) is 9.26. The fourth-order valence-corrected chi connectivity index (χ4v) is 3.44. The molecule has 0 fully saturated rings. The third kappa shape index (κ3) is 3.72. The lowest BCUT2D eigenvalue weighted by Crippen LogP contribution is -2.14. The number of rotatable bonds is 4. The van der Waals surface area contributed by atoms with Crippen molar-refractivity contribution in [2.45, 2.75) is 19.8 Å². The molecule has 3 aromatic rings. The van der Waals surface area contributed by atoms with Gasteiger partial charge in [-0.3, -0.25) is 4.79 Å². The Labute approximate surface area is 154 Å². The maximum Gasteiger partial charge on any atom is 0.230 e. The van der Waals surface area contributed by atoms with Crippen molar-refractivity contribution in [1.82, 2.24) is 4.98 Å². The highest BCUT2D eigenvalue weighted by molar-refractivity contribution is 7.13. The van der Waals surface area contributed by atoms with E-state index in [4.69, 9.17) is 13.9 Å². The van der Waals surface area contributed by atoms with Crippen LogP contribution in [0.5, 0.6) is 11.5 Å². The number of hydrogen-bond acceptors (Lipinski definition) is 6. The van der Waals surface area contributed by atoms with Gasteiger partial charge < -0.3 is 19.2 Å². The van der Waals surface area contributed by atoms with Gasteiger partial charge in [0, 0.05) is 23.6 Å². The van der Waals surface area contributed by atoms with Gasteiger partial charge in [0.05, 0.1) is 25.3 Å². The van der Waals surface area contributed by atoms with Crippen molar-refractivity contribution in [2.75, 3.05) is 18.5 Å². The predicted molar refractivity (Wildman–Crippen MR) is 98.9 cm³/mol. The molecule has 6 nitrogen and oxygen atoms in total. The number of amides is 1. The summed E-state index contributed by atoms with van der Waals surface area (Å²) in [4.78, 5) is 16.8. The van der Waals surface area contributed by atoms with Gasteiger partial charge in [-0.25, -0.2) is 4.98 Å². The van der Waals surface area contributed by atoms with E-state index in [1.165, 1.54) is 11.3 Å². The molecule has 0 atom stereocenters. The van der Waals surface area contributed by atoms with Crippen LogP contribution in [0.4, 0.5) is 5.69 Å². The third-order valence-corrected chi connectivity index (χ3v) is 4.78. The number of nitrogens with zero attached hydrogens (tertiary/aromatic N) is 1. The average Bonchev–Trinajstić information content (AvgIpc) is 3.18. The average molecular weight is 370 g/mol. The standard InChI is InChI=1S/C19H18N2O4S/c1-12-3-5-16(25-12)19-21-14(11-26-19)10-18(22)20-13-4-6-15-17(9-13)24-8-2-7-23-15/h3-6,9,11H,2,7-8,10H2,1H3,(H,20,22). The predicted octanol–water partition coefficient (Wildman–Crippen LogP) is 4.05. The number of furan rings is 1. The number of fused-ring (bicyclic) bond motifs is 1. The van der Waals surface area contributed by atoms with Gasteiger partial charge in [-0.1, -0.05) is 0 Å². The molecule has 0 unspecified atom stereocenters. The van der Waals surface area contributed by atoms with E-state index in [-0.39, 0.29) is 12.3 Å². The minimum absolute atomic E-state index is 0.132. The van der Waals surface area contributed by atoms with Gasteiger partial charge in [0.2, 0.25) is 5.91 Å². The molecule has 1 aliphatic heterocycles. The zero-order valence-electron chi connectivity index (χ0n) is 14.3. The minimum Gasteiger partial charge on any atom is -0.490 e. The second-order valence-corrected chi connectivity index (χ2v) is 6.85. The summed E-state index contributed by atoms with van der Waals surface area (Å²) in [6.07, 6.45) is 1.04. The van der Waals surface area contributed by atoms with Crippen LogP contribution in [-0.2, 0) is 11.2 Å². The summed E-state index contributed by atoms with van der Waals surface area (Å²) in [5, 5.41) is 5.53. The van der Waals surface area contributed by atoms with Gasteiger partial charge in [0.25, 0.3) is 0 Å². The smallest absolute Gasteiger partial charge is 0.230 e. The van der Waals surface area contributed by atoms with Crippen LogP contribution in [0.1, 0.15) is 17.9 Å². The number of anilines is 1. The van der Waals surface area contributed by atoms with E-state index in [1.807, 2.05) is 36.6 Å². The van der Waals surface area contributed by atoms with Gasteiger partial charge in [-0.05, 0) is 31.2 Å². The summed E-state index contributed by atoms with van der Waals surface area (Å²) in [5.41, 5.74) is 1.39. The van der Waals surface area contributed by atoms with Crippen LogP contribution in [0.25, 0.3) is 10.8 Å². The molecule has 0 spiro atoms. The van der Waals surface area contributed by atoms with Crippen LogP contribution >= 0.6 is 11.3 Å². The first kappa shape index (κ1) is 16.7. The first-order valence-electron chi connectivity index (χ1n) is 8.38. The third-order valence-electron chi connectivity index (χ3n) is 3.88. The van der Waals surface area contributed by atoms with Gasteiger partial charge in [-0.15, -0.1) is 11.3 Å². The Hall–Kier alpha value is -2.80. The highest BCUT2D eigenvalue weighted by Crippen LogP contribution is 2.32. The Morgan fingerprint density at radius 3 is 2.85 bits per heavy atom. The number of benzene rings is 1. The molecule has 0 aliphatic carbocycles. The fourth-order valence-electron chi connectivity index (χ4n) is 2.66. The monoisotopic (exact) mass is 370 g/mol. The molecule has 1 aliphatic rings. The van der Waals surface area contributed by atoms with Crippen LogP contribution in [0.3, 0.4) is 0 Å². The van der Waals surface area contributed by atoms with Crippen molar-refractivity contribution in [3.8, 4) is 22.3 Å². The summed E-state index contributed by atoms with van der Waals surface area (Å²) < 4.78 is 16.8. The van der Waals surface area contributed by atoms with Crippen LogP contribution in [0, 0.1) is 6.92 Å². The maximum atomic E-state index is 12.3. The summed E-state index contributed by atoms with van der Waals surface area (Å²) in [6.45, 7) is 3.14. The van der Waals surface area contributed by atoms with Crippen LogP contribution in [0.2, 0.25) is 0 Å². The van der Waals surface area contributed by atoms with E-state index in [2.05, 4.69) is 10.3 Å². The molecule has 0 saturated carbocycles. The summed E-state index contributed by atoms with van der Waals surface area (Å²) in [6, 6.07) is 9.19. The van der Waals surface area contributed by atoms with Crippen molar-refractivity contribution in [1.29, 1.82) is 0 Å². The largest absolute Gasteiger partial charge is 0.490 e. The summed E-state index contributed by atoms with van der Waals surface area (Å²) >= 11 is 1.46. The molecule has 1 amide bonds. The molecule has 1 aromatic carbocycles. The molecule has 7 heteroatoms. The van der Waals surface area contributed by atoms with Gasteiger partial charge in [0.15, 0.2) is 22.3 Å². The fraction of sp³-hybridized carbons (Fsp3) is 0.263. The van der Waals surface area contributed by atoms with E-state index in [1.54, 1.807) is 6.07 Å². The van der Waals surface area contributed by atoms with Crippen molar-refractivity contribution < 1.29 is 18.7 Å². The number of aromatic nitrogens is 1. The molecule has 0 bridgehead atoms. The molecule has 1 N–H and O–H groups in total. The first-order chi connectivity index (χ1) is 12.7. The molecule has 2 aromatic heterocycles. The van der Waals surface area contributed by atoms with Gasteiger partial charge >= 0.3 is 0 Å². The van der Waals surface area contributed by atoms with E-state index in [0.717, 1.165) is 22.9 Å². The number of ether oxygens (including phenoxy) is 2. The lowest BCUT2D eigenvalue weighted by atomic mass is 10.2. The lowest BCUT2D eigenvalue weighted by molar-refractivity contribution is -0.115. The Morgan fingerprint density at radius 1 is 1.19 bits per heavy atom. The zero-order chi connectivity index (χ0) is 17.9. The number of nitrogens with one attached hydrogen (secondary N) is 1. The van der Waals surface area contributed by atoms with Gasteiger partial charge in [0.1, 0.15) is 5.76 Å². The summed E-state index contributed by atoms with van der Waals surface area (Å²) in [5.74, 6) is 2.79. The van der Waals surface area contributed by atoms with Gasteiger partial charge in [-0.2, -0.15) is 0 Å². The lowest BCUT2D eigenvalue weighted by Gasteiger charge is -2.10. The molecule has 4 rings (SSSR count). The highest BCUT2D eigenvalue weighted by Gasteiger charge is 2.14. The van der Waals surface area contributed by atoms with Crippen LogP contribution in [-0.4, -0.2) is 24.1 Å². The number of thiazole rings is 1. The van der Waals surface area contributed by atoms with E-state index >= 15 is 0 Å².